The lowest BCUT2D eigenvalue weighted by Crippen LogP contribution is -2.17. The van der Waals surface area contributed by atoms with Crippen LogP contribution >= 0.6 is 15.9 Å². The Morgan fingerprint density at radius 1 is 0.938 bits per heavy atom. The van der Waals surface area contributed by atoms with Gasteiger partial charge in [0.05, 0.1) is 29.6 Å². The fraction of sp³-hybridized carbons (Fsp3) is 0.120. The van der Waals surface area contributed by atoms with Crippen molar-refractivity contribution in [3.63, 3.8) is 0 Å². The third-order valence-electron chi connectivity index (χ3n) is 5.01. The minimum atomic E-state index is -0.647. The van der Waals surface area contributed by atoms with Crippen LogP contribution in [0.25, 0.3) is 22.3 Å². The first kappa shape index (κ1) is 21.6. The molecular formula is C25H19BrO6. The van der Waals surface area contributed by atoms with Crippen LogP contribution < -0.4 is 19.6 Å². The van der Waals surface area contributed by atoms with Crippen molar-refractivity contribution in [3.8, 4) is 28.6 Å². The number of aryl methyl sites for hydroxylation is 1. The molecule has 0 atom stereocenters. The van der Waals surface area contributed by atoms with E-state index in [2.05, 4.69) is 15.9 Å². The van der Waals surface area contributed by atoms with Crippen molar-refractivity contribution in [2.45, 2.75) is 6.92 Å². The van der Waals surface area contributed by atoms with E-state index in [9.17, 15) is 9.59 Å². The van der Waals surface area contributed by atoms with Gasteiger partial charge in [-0.1, -0.05) is 30.3 Å². The number of ether oxygens (including phenoxy) is 3. The standard InChI is InChI=1S/C25H19BrO6/c1-14-8-4-5-9-16(14)25(28)32-24-21(27)17-10-6-7-11-19(17)31-22(24)15-12-18(26)23(30-3)20(13-15)29-2/h4-13H,1-3H3. The van der Waals surface area contributed by atoms with Crippen LogP contribution in [0, 0.1) is 6.92 Å². The molecule has 0 fully saturated rings. The van der Waals surface area contributed by atoms with E-state index in [0.29, 0.717) is 38.1 Å². The summed E-state index contributed by atoms with van der Waals surface area (Å²) >= 11 is 3.45. The smallest absolute Gasteiger partial charge is 0.344 e. The molecule has 0 saturated carbocycles. The molecular weight excluding hydrogens is 476 g/mol. The van der Waals surface area contributed by atoms with Crippen molar-refractivity contribution >= 4 is 32.9 Å². The van der Waals surface area contributed by atoms with Crippen molar-refractivity contribution in [2.24, 2.45) is 0 Å². The fourth-order valence-electron chi connectivity index (χ4n) is 3.41. The van der Waals surface area contributed by atoms with Crippen LogP contribution in [0.5, 0.6) is 17.2 Å². The Hall–Kier alpha value is -3.58. The summed E-state index contributed by atoms with van der Waals surface area (Å²) < 4.78 is 23.1. The summed E-state index contributed by atoms with van der Waals surface area (Å²) in [4.78, 5) is 26.3. The number of para-hydroxylation sites is 1. The summed E-state index contributed by atoms with van der Waals surface area (Å²) in [6.45, 7) is 1.80. The molecule has 1 aromatic heterocycles. The highest BCUT2D eigenvalue weighted by Gasteiger charge is 2.24. The molecule has 1 heterocycles. The highest BCUT2D eigenvalue weighted by Crippen LogP contribution is 2.41. The minimum absolute atomic E-state index is 0.109. The van der Waals surface area contributed by atoms with Crippen LogP contribution in [-0.4, -0.2) is 20.2 Å². The Kier molecular flexibility index (Phi) is 6.01. The number of carbonyl (C=O) groups excluding carboxylic acids is 1. The van der Waals surface area contributed by atoms with Crippen LogP contribution in [0.3, 0.4) is 0 Å². The highest BCUT2D eigenvalue weighted by atomic mass is 79.9. The highest BCUT2D eigenvalue weighted by molar-refractivity contribution is 9.10. The third-order valence-corrected chi connectivity index (χ3v) is 5.60. The van der Waals surface area contributed by atoms with Gasteiger partial charge in [-0.15, -0.1) is 0 Å². The lowest BCUT2D eigenvalue weighted by molar-refractivity contribution is 0.0730. The van der Waals surface area contributed by atoms with Gasteiger partial charge in [0, 0.05) is 5.56 Å². The van der Waals surface area contributed by atoms with Crippen LogP contribution in [0.1, 0.15) is 15.9 Å². The van der Waals surface area contributed by atoms with Gasteiger partial charge in [0.1, 0.15) is 5.58 Å². The molecule has 6 nitrogen and oxygen atoms in total. The summed E-state index contributed by atoms with van der Waals surface area (Å²) in [5, 5.41) is 0.309. The minimum Gasteiger partial charge on any atom is -0.493 e. The van der Waals surface area contributed by atoms with E-state index in [4.69, 9.17) is 18.6 Å². The van der Waals surface area contributed by atoms with Gasteiger partial charge >= 0.3 is 5.97 Å². The monoisotopic (exact) mass is 494 g/mol. The number of carbonyl (C=O) groups is 1. The molecule has 0 aliphatic carbocycles. The molecule has 0 aliphatic rings. The maximum absolute atomic E-state index is 13.3. The molecule has 4 rings (SSSR count). The largest absolute Gasteiger partial charge is 0.493 e. The van der Waals surface area contributed by atoms with Crippen molar-refractivity contribution in [1.82, 2.24) is 0 Å². The predicted molar refractivity (Wildman–Crippen MR) is 125 cm³/mol. The van der Waals surface area contributed by atoms with Crippen molar-refractivity contribution in [3.05, 3.63) is 86.5 Å². The number of halogens is 1. The van der Waals surface area contributed by atoms with E-state index in [1.807, 2.05) is 6.07 Å². The molecule has 3 aromatic carbocycles. The molecule has 4 aromatic rings. The normalized spacial score (nSPS) is 10.8. The van der Waals surface area contributed by atoms with Gasteiger partial charge in [0.15, 0.2) is 17.3 Å². The van der Waals surface area contributed by atoms with Gasteiger partial charge in [-0.2, -0.15) is 0 Å². The van der Waals surface area contributed by atoms with Crippen LogP contribution in [0.4, 0.5) is 0 Å². The molecule has 7 heteroatoms. The average Bonchev–Trinajstić information content (AvgIpc) is 2.80. The summed E-state index contributed by atoms with van der Waals surface area (Å²) in [7, 11) is 3.03. The topological polar surface area (TPSA) is 75.0 Å². The van der Waals surface area contributed by atoms with Gasteiger partial charge in [0.2, 0.25) is 11.2 Å². The Balaban J connectivity index is 1.95. The number of esters is 1. The first-order valence-corrected chi connectivity index (χ1v) is 10.5. The zero-order valence-electron chi connectivity index (χ0n) is 17.6. The zero-order chi connectivity index (χ0) is 22.8. The van der Waals surface area contributed by atoms with Crippen molar-refractivity contribution in [1.29, 1.82) is 0 Å². The lowest BCUT2D eigenvalue weighted by atomic mass is 10.1. The van der Waals surface area contributed by atoms with Crippen LogP contribution in [0.2, 0.25) is 0 Å². The third kappa shape index (κ3) is 3.87. The molecule has 0 amide bonds. The molecule has 0 N–H and O–H groups in total. The Labute approximate surface area is 192 Å². The zero-order valence-corrected chi connectivity index (χ0v) is 19.2. The van der Waals surface area contributed by atoms with Crippen molar-refractivity contribution in [2.75, 3.05) is 14.2 Å². The quantitative estimate of drug-likeness (QED) is 0.328. The summed E-state index contributed by atoms with van der Waals surface area (Å²) in [6.07, 6.45) is 0. The van der Waals surface area contributed by atoms with E-state index in [0.717, 1.165) is 5.56 Å². The summed E-state index contributed by atoms with van der Waals surface area (Å²) in [5.41, 5.74) is 1.49. The number of methoxy groups -OCH3 is 2. The number of rotatable bonds is 5. The Morgan fingerprint density at radius 3 is 2.38 bits per heavy atom. The Morgan fingerprint density at radius 2 is 1.66 bits per heavy atom. The SMILES string of the molecule is COc1cc(-c2oc3ccccc3c(=O)c2OC(=O)c2ccccc2C)cc(Br)c1OC. The maximum Gasteiger partial charge on any atom is 0.344 e. The number of hydrogen-bond acceptors (Lipinski definition) is 6. The van der Waals surface area contributed by atoms with E-state index in [-0.39, 0.29) is 11.5 Å². The van der Waals surface area contributed by atoms with Gasteiger partial charge in [0.25, 0.3) is 0 Å². The van der Waals surface area contributed by atoms with Gasteiger partial charge in [-0.25, -0.2) is 4.79 Å². The number of hydrogen-bond donors (Lipinski definition) is 0. The predicted octanol–water partition coefficient (Wildman–Crippen LogP) is 5.77. The number of benzene rings is 3. The molecule has 32 heavy (non-hydrogen) atoms. The first-order valence-electron chi connectivity index (χ1n) is 9.70. The number of fused-ring (bicyclic) bond motifs is 1. The summed E-state index contributed by atoms with van der Waals surface area (Å²) in [5.74, 6) is 0.168. The van der Waals surface area contributed by atoms with Crippen molar-refractivity contribution < 1.29 is 23.4 Å². The van der Waals surface area contributed by atoms with E-state index < -0.39 is 11.4 Å². The second-order valence-electron chi connectivity index (χ2n) is 6.98. The summed E-state index contributed by atoms with van der Waals surface area (Å²) in [6, 6.07) is 17.2. The van der Waals surface area contributed by atoms with Gasteiger partial charge in [-0.05, 0) is 58.7 Å². The Bertz CT molecular complexity index is 1390. The molecule has 0 unspecified atom stereocenters. The molecule has 0 saturated heterocycles. The van der Waals surface area contributed by atoms with E-state index >= 15 is 0 Å². The lowest BCUT2D eigenvalue weighted by Gasteiger charge is -2.14. The van der Waals surface area contributed by atoms with E-state index in [1.54, 1.807) is 61.5 Å². The molecule has 0 spiro atoms. The fourth-order valence-corrected chi connectivity index (χ4v) is 4.01. The first-order chi connectivity index (χ1) is 15.4. The van der Waals surface area contributed by atoms with Gasteiger partial charge < -0.3 is 18.6 Å². The molecule has 162 valence electrons. The van der Waals surface area contributed by atoms with Crippen LogP contribution in [-0.2, 0) is 0 Å². The molecule has 0 bridgehead atoms. The van der Waals surface area contributed by atoms with Gasteiger partial charge in [-0.3, -0.25) is 4.79 Å². The second-order valence-corrected chi connectivity index (χ2v) is 7.84. The molecule has 0 radical (unpaired) electrons. The van der Waals surface area contributed by atoms with Crippen LogP contribution in [0.15, 0.2) is 74.3 Å². The molecule has 0 aliphatic heterocycles. The second kappa shape index (κ2) is 8.88. The van der Waals surface area contributed by atoms with E-state index in [1.165, 1.54) is 14.2 Å². The average molecular weight is 495 g/mol. The maximum atomic E-state index is 13.3.